The third-order valence-corrected chi connectivity index (χ3v) is 5.58. The molecule has 104 valence electrons. The number of aromatic nitrogens is 1. The Hall–Kier alpha value is -1.36. The highest BCUT2D eigenvalue weighted by atomic mass is 32.2. The zero-order valence-corrected chi connectivity index (χ0v) is 12.0. The van der Waals surface area contributed by atoms with Crippen molar-refractivity contribution in [1.29, 1.82) is 5.26 Å². The Kier molecular flexibility index (Phi) is 3.94. The molecule has 2 rings (SSSR count). The summed E-state index contributed by atoms with van der Waals surface area (Å²) in [4.78, 5) is 0. The van der Waals surface area contributed by atoms with Crippen molar-refractivity contribution in [2.75, 3.05) is 20.1 Å². The van der Waals surface area contributed by atoms with Gasteiger partial charge in [-0.3, -0.25) is 0 Å². The van der Waals surface area contributed by atoms with E-state index >= 15 is 0 Å². The van der Waals surface area contributed by atoms with Gasteiger partial charge in [-0.15, -0.1) is 0 Å². The Bertz CT molecular complexity index is 587. The monoisotopic (exact) mass is 282 g/mol. The summed E-state index contributed by atoms with van der Waals surface area (Å²) < 4.78 is 29.8. The minimum absolute atomic E-state index is 0.182. The zero-order valence-electron chi connectivity index (χ0n) is 11.2. The topological polar surface area (TPSA) is 69.3 Å². The lowest BCUT2D eigenvalue weighted by atomic mass is 10.2. The Morgan fingerprint density at radius 2 is 2.26 bits per heavy atom. The van der Waals surface area contributed by atoms with Crippen LogP contribution in [0.3, 0.4) is 0 Å². The van der Waals surface area contributed by atoms with Crippen LogP contribution in [0.25, 0.3) is 0 Å². The molecule has 0 fully saturated rings. The van der Waals surface area contributed by atoms with Gasteiger partial charge in [0, 0.05) is 45.0 Å². The molecule has 1 atom stereocenters. The van der Waals surface area contributed by atoms with Crippen LogP contribution in [-0.4, -0.2) is 41.7 Å². The quantitative estimate of drug-likeness (QED) is 0.825. The summed E-state index contributed by atoms with van der Waals surface area (Å²) in [5.74, 6) is 0. The molecule has 0 radical (unpaired) electrons. The summed E-state index contributed by atoms with van der Waals surface area (Å²) in [7, 11) is -1.98. The smallest absolute Gasteiger partial charge is 0.282 e. The van der Waals surface area contributed by atoms with Crippen molar-refractivity contribution in [1.82, 2.24) is 13.2 Å². The minimum Gasteiger partial charge on any atom is -0.349 e. The molecule has 0 aromatic carbocycles. The number of fused-ring (bicyclic) bond motifs is 1. The van der Waals surface area contributed by atoms with Gasteiger partial charge in [0.05, 0.1) is 12.1 Å². The maximum Gasteiger partial charge on any atom is 0.282 e. The largest absolute Gasteiger partial charge is 0.349 e. The average Bonchev–Trinajstić information content (AvgIpc) is 2.85. The van der Waals surface area contributed by atoms with E-state index in [-0.39, 0.29) is 19.0 Å². The van der Waals surface area contributed by atoms with Gasteiger partial charge in [0.25, 0.3) is 10.2 Å². The summed E-state index contributed by atoms with van der Waals surface area (Å²) in [5, 5.41) is 8.56. The predicted molar refractivity (Wildman–Crippen MR) is 71.3 cm³/mol. The van der Waals surface area contributed by atoms with Gasteiger partial charge in [-0.2, -0.15) is 22.3 Å². The molecule has 0 spiro atoms. The SMILES string of the molecule is CC1c2cccn2CCN1S(=O)(=O)N(C)CCC#N. The normalized spacial score (nSPS) is 20.2. The van der Waals surface area contributed by atoms with E-state index in [2.05, 4.69) is 4.57 Å². The van der Waals surface area contributed by atoms with Gasteiger partial charge in [-0.25, -0.2) is 0 Å². The highest BCUT2D eigenvalue weighted by molar-refractivity contribution is 7.86. The molecule has 1 aromatic rings. The maximum absolute atomic E-state index is 12.5. The summed E-state index contributed by atoms with van der Waals surface area (Å²) in [6.07, 6.45) is 2.17. The van der Waals surface area contributed by atoms with E-state index in [1.54, 1.807) is 0 Å². The van der Waals surface area contributed by atoms with Crippen molar-refractivity contribution < 1.29 is 8.42 Å². The molecule has 0 amide bonds. The van der Waals surface area contributed by atoms with E-state index in [1.165, 1.54) is 15.7 Å². The van der Waals surface area contributed by atoms with Crippen LogP contribution in [0.2, 0.25) is 0 Å². The first kappa shape index (κ1) is 14.1. The van der Waals surface area contributed by atoms with Crippen LogP contribution in [-0.2, 0) is 16.8 Å². The zero-order chi connectivity index (χ0) is 14.0. The van der Waals surface area contributed by atoms with Crippen LogP contribution >= 0.6 is 0 Å². The first-order valence-corrected chi connectivity index (χ1v) is 7.63. The Morgan fingerprint density at radius 1 is 1.53 bits per heavy atom. The molecular weight excluding hydrogens is 264 g/mol. The van der Waals surface area contributed by atoms with E-state index in [0.717, 1.165) is 5.69 Å². The Labute approximate surface area is 114 Å². The van der Waals surface area contributed by atoms with E-state index in [0.29, 0.717) is 13.1 Å². The Balaban J connectivity index is 2.21. The maximum atomic E-state index is 12.5. The lowest BCUT2D eigenvalue weighted by molar-refractivity contribution is 0.262. The molecule has 0 saturated heterocycles. The molecule has 19 heavy (non-hydrogen) atoms. The minimum atomic E-state index is -3.50. The second kappa shape index (κ2) is 5.33. The lowest BCUT2D eigenvalue weighted by Crippen LogP contribution is -2.47. The first-order chi connectivity index (χ1) is 8.98. The summed E-state index contributed by atoms with van der Waals surface area (Å²) in [6, 6.07) is 5.66. The van der Waals surface area contributed by atoms with Gasteiger partial charge in [-0.05, 0) is 19.1 Å². The van der Waals surface area contributed by atoms with Crippen molar-refractivity contribution in [3.8, 4) is 6.07 Å². The van der Waals surface area contributed by atoms with Gasteiger partial charge >= 0.3 is 0 Å². The van der Waals surface area contributed by atoms with Crippen molar-refractivity contribution in [2.24, 2.45) is 0 Å². The van der Waals surface area contributed by atoms with Crippen LogP contribution in [0.15, 0.2) is 18.3 Å². The molecule has 0 aliphatic carbocycles. The van der Waals surface area contributed by atoms with E-state index in [4.69, 9.17) is 5.26 Å². The van der Waals surface area contributed by atoms with Crippen molar-refractivity contribution in [2.45, 2.75) is 25.9 Å². The number of rotatable bonds is 4. The average molecular weight is 282 g/mol. The molecule has 7 heteroatoms. The molecule has 1 aliphatic heterocycles. The summed E-state index contributed by atoms with van der Waals surface area (Å²) in [6.45, 7) is 3.24. The molecule has 6 nitrogen and oxygen atoms in total. The van der Waals surface area contributed by atoms with Crippen LogP contribution in [0, 0.1) is 11.3 Å². The van der Waals surface area contributed by atoms with Gasteiger partial charge < -0.3 is 4.57 Å². The number of nitriles is 1. The number of hydrogen-bond acceptors (Lipinski definition) is 3. The molecule has 0 saturated carbocycles. The third kappa shape index (κ3) is 2.52. The van der Waals surface area contributed by atoms with E-state index in [9.17, 15) is 8.42 Å². The summed E-state index contributed by atoms with van der Waals surface area (Å²) in [5.41, 5.74) is 1.00. The fourth-order valence-electron chi connectivity index (χ4n) is 2.37. The van der Waals surface area contributed by atoms with Crippen molar-refractivity contribution in [3.63, 3.8) is 0 Å². The second-order valence-electron chi connectivity index (χ2n) is 4.65. The molecular formula is C12H18N4O2S. The van der Waals surface area contributed by atoms with Crippen LogP contribution < -0.4 is 0 Å². The van der Waals surface area contributed by atoms with Gasteiger partial charge in [-0.1, -0.05) is 0 Å². The van der Waals surface area contributed by atoms with Crippen LogP contribution in [0.1, 0.15) is 25.1 Å². The molecule has 1 aliphatic rings. The molecule has 1 unspecified atom stereocenters. The van der Waals surface area contributed by atoms with Crippen molar-refractivity contribution in [3.05, 3.63) is 24.0 Å². The molecule has 1 aromatic heterocycles. The number of hydrogen-bond donors (Lipinski definition) is 0. The van der Waals surface area contributed by atoms with Gasteiger partial charge in [0.15, 0.2) is 0 Å². The molecule has 2 heterocycles. The van der Waals surface area contributed by atoms with Crippen LogP contribution in [0.5, 0.6) is 0 Å². The third-order valence-electron chi connectivity index (χ3n) is 3.51. The van der Waals surface area contributed by atoms with Gasteiger partial charge in [0.1, 0.15) is 0 Å². The fourth-order valence-corrected chi connectivity index (χ4v) is 3.87. The van der Waals surface area contributed by atoms with Crippen molar-refractivity contribution >= 4 is 10.2 Å². The molecule has 0 bridgehead atoms. The fraction of sp³-hybridized carbons (Fsp3) is 0.583. The standard InChI is InChI=1S/C12H18N4O2S/c1-11-12-5-3-8-15(12)9-10-16(11)19(17,18)14(2)7-4-6-13/h3,5,8,11H,4,7,9-10H2,1-2H3. The second-order valence-corrected chi connectivity index (χ2v) is 6.64. The summed E-state index contributed by atoms with van der Waals surface area (Å²) >= 11 is 0. The number of nitrogens with zero attached hydrogens (tertiary/aromatic N) is 4. The predicted octanol–water partition coefficient (Wildman–Crippen LogP) is 0.955. The Morgan fingerprint density at radius 3 is 2.95 bits per heavy atom. The van der Waals surface area contributed by atoms with Gasteiger partial charge in [0.2, 0.25) is 0 Å². The lowest BCUT2D eigenvalue weighted by Gasteiger charge is -2.36. The first-order valence-electron chi connectivity index (χ1n) is 6.23. The highest BCUT2D eigenvalue weighted by Crippen LogP contribution is 2.28. The highest BCUT2D eigenvalue weighted by Gasteiger charge is 2.35. The van der Waals surface area contributed by atoms with E-state index < -0.39 is 10.2 Å². The van der Waals surface area contributed by atoms with Crippen LogP contribution in [0.4, 0.5) is 0 Å². The molecule has 0 N–H and O–H groups in total. The van der Waals surface area contributed by atoms with E-state index in [1.807, 2.05) is 31.3 Å².